The lowest BCUT2D eigenvalue weighted by molar-refractivity contribution is -0.115. The zero-order chi connectivity index (χ0) is 16.7. The molecule has 8 heteroatoms. The average molecular weight is 319 g/mol. The maximum Gasteiger partial charge on any atom is 0.192 e. The molecular formula is C13H29N3O4Si. The molecule has 0 unspecified atom stereocenters. The molecule has 0 aromatic heterocycles. The highest BCUT2D eigenvalue weighted by atomic mass is 28.4. The molecule has 0 aliphatic heterocycles. The summed E-state index contributed by atoms with van der Waals surface area (Å²) in [5.41, 5.74) is 8.63. The van der Waals surface area contributed by atoms with Gasteiger partial charge in [-0.25, -0.2) is 0 Å². The van der Waals surface area contributed by atoms with Gasteiger partial charge in [-0.2, -0.15) is 0 Å². The molecule has 124 valence electrons. The van der Waals surface area contributed by atoms with Gasteiger partial charge in [-0.15, -0.1) is 0 Å². The van der Waals surface area contributed by atoms with Gasteiger partial charge in [0.2, 0.25) is 0 Å². The molecule has 0 aromatic rings. The molecule has 7 nitrogen and oxygen atoms in total. The molecule has 0 aliphatic rings. The van der Waals surface area contributed by atoms with Crippen molar-refractivity contribution in [3.8, 4) is 0 Å². The molecule has 0 spiro atoms. The Bertz CT molecular complexity index is 350. The van der Waals surface area contributed by atoms with E-state index in [2.05, 4.69) is 43.9 Å². The summed E-state index contributed by atoms with van der Waals surface area (Å²) in [4.78, 5) is 2.78. The number of aliphatic hydroxyl groups is 1. The van der Waals surface area contributed by atoms with Crippen LogP contribution in [0.4, 0.5) is 0 Å². The minimum atomic E-state index is -1.95. The standard InChI is InChI=1S/C13H29N3O4Si/c1-13(2,3)21(6,7)20-9-11(17)10(15-16-14)8-12(18-4)19-5/h10-12,17H,8-9H2,1-7H3/t10-,11+/m1/s1. The van der Waals surface area contributed by atoms with E-state index in [4.69, 9.17) is 19.4 Å². The summed E-state index contributed by atoms with van der Waals surface area (Å²) < 4.78 is 16.1. The Kier molecular flexibility index (Phi) is 8.46. The minimum Gasteiger partial charge on any atom is -0.414 e. The van der Waals surface area contributed by atoms with Crippen molar-refractivity contribution in [1.29, 1.82) is 0 Å². The van der Waals surface area contributed by atoms with Gasteiger partial charge in [0.05, 0.1) is 18.8 Å². The van der Waals surface area contributed by atoms with E-state index in [0.29, 0.717) is 0 Å². The Hall–Kier alpha value is -0.633. The molecule has 2 atom stereocenters. The first-order valence-electron chi connectivity index (χ1n) is 7.01. The quantitative estimate of drug-likeness (QED) is 0.232. The number of azide groups is 1. The average Bonchev–Trinajstić information content (AvgIpc) is 2.39. The van der Waals surface area contributed by atoms with Crippen LogP contribution in [-0.4, -0.2) is 52.7 Å². The van der Waals surface area contributed by atoms with Gasteiger partial charge in [-0.1, -0.05) is 25.9 Å². The van der Waals surface area contributed by atoms with Crippen LogP contribution in [0.25, 0.3) is 10.4 Å². The Morgan fingerprint density at radius 1 is 1.24 bits per heavy atom. The highest BCUT2D eigenvalue weighted by Gasteiger charge is 2.38. The van der Waals surface area contributed by atoms with Crippen LogP contribution in [0.3, 0.4) is 0 Å². The van der Waals surface area contributed by atoms with E-state index in [1.807, 2.05) is 0 Å². The number of methoxy groups -OCH3 is 2. The maximum absolute atomic E-state index is 10.2. The first kappa shape index (κ1) is 20.4. The first-order valence-corrected chi connectivity index (χ1v) is 9.91. The fourth-order valence-electron chi connectivity index (χ4n) is 1.45. The lowest BCUT2D eigenvalue weighted by atomic mass is 10.1. The monoisotopic (exact) mass is 319 g/mol. The molecule has 0 amide bonds. The van der Waals surface area contributed by atoms with Crippen LogP contribution in [0, 0.1) is 0 Å². The molecule has 0 aromatic carbocycles. The smallest absolute Gasteiger partial charge is 0.192 e. The molecule has 0 fully saturated rings. The summed E-state index contributed by atoms with van der Waals surface area (Å²) >= 11 is 0. The van der Waals surface area contributed by atoms with Crippen molar-refractivity contribution in [3.05, 3.63) is 10.4 Å². The number of nitrogens with zero attached hydrogens (tertiary/aromatic N) is 3. The van der Waals surface area contributed by atoms with E-state index in [1.54, 1.807) is 0 Å². The molecule has 0 aliphatic carbocycles. The molecule has 0 heterocycles. The van der Waals surface area contributed by atoms with Crippen molar-refractivity contribution in [3.63, 3.8) is 0 Å². The summed E-state index contributed by atoms with van der Waals surface area (Å²) in [6, 6.07) is -0.648. The third kappa shape index (κ3) is 6.77. The highest BCUT2D eigenvalue weighted by Crippen LogP contribution is 2.36. The number of ether oxygens (including phenoxy) is 2. The van der Waals surface area contributed by atoms with E-state index < -0.39 is 26.8 Å². The maximum atomic E-state index is 10.2. The number of hydrogen-bond acceptors (Lipinski definition) is 5. The molecular weight excluding hydrogens is 290 g/mol. The van der Waals surface area contributed by atoms with Crippen molar-refractivity contribution in [2.75, 3.05) is 20.8 Å². The second kappa shape index (κ2) is 8.72. The summed E-state index contributed by atoms with van der Waals surface area (Å²) in [5.74, 6) is 0. The fourth-order valence-corrected chi connectivity index (χ4v) is 2.48. The lowest BCUT2D eigenvalue weighted by Gasteiger charge is -2.37. The van der Waals surface area contributed by atoms with Crippen LogP contribution in [0.2, 0.25) is 18.1 Å². The van der Waals surface area contributed by atoms with Gasteiger partial charge in [-0.3, -0.25) is 0 Å². The Morgan fingerprint density at radius 2 is 1.76 bits per heavy atom. The Balaban J connectivity index is 4.70. The summed E-state index contributed by atoms with van der Waals surface area (Å²) in [6.07, 6.45) is -1.13. The van der Waals surface area contributed by atoms with E-state index in [1.165, 1.54) is 14.2 Å². The molecule has 0 bridgehead atoms. The summed E-state index contributed by atoms with van der Waals surface area (Å²) in [5, 5.41) is 13.9. The molecule has 0 radical (unpaired) electrons. The predicted molar refractivity (Wildman–Crippen MR) is 84.5 cm³/mol. The van der Waals surface area contributed by atoms with Crippen molar-refractivity contribution in [2.24, 2.45) is 5.11 Å². The topological polar surface area (TPSA) is 96.7 Å². The van der Waals surface area contributed by atoms with Gasteiger partial charge >= 0.3 is 0 Å². The zero-order valence-electron chi connectivity index (χ0n) is 14.2. The van der Waals surface area contributed by atoms with Crippen LogP contribution in [-0.2, 0) is 13.9 Å². The van der Waals surface area contributed by atoms with Crippen molar-refractivity contribution >= 4 is 8.32 Å². The lowest BCUT2D eigenvalue weighted by Crippen LogP contribution is -2.44. The Labute approximate surface area is 128 Å². The number of aliphatic hydroxyl groups excluding tert-OH is 1. The molecule has 0 saturated carbocycles. The van der Waals surface area contributed by atoms with Gasteiger partial charge in [0.15, 0.2) is 14.6 Å². The SMILES string of the molecule is COC(C[C@@H](N=[N+]=[N-])[C@@H](O)CO[Si](C)(C)C(C)(C)C)OC. The second-order valence-electron chi connectivity index (χ2n) is 6.55. The van der Waals surface area contributed by atoms with Gasteiger partial charge in [-0.05, 0) is 23.7 Å². The zero-order valence-corrected chi connectivity index (χ0v) is 15.2. The third-order valence-electron chi connectivity index (χ3n) is 4.02. The van der Waals surface area contributed by atoms with Crippen molar-refractivity contribution in [2.45, 2.75) is 63.8 Å². The van der Waals surface area contributed by atoms with E-state index in [0.717, 1.165) is 0 Å². The van der Waals surface area contributed by atoms with Gasteiger partial charge < -0.3 is 19.0 Å². The molecule has 0 rings (SSSR count). The summed E-state index contributed by atoms with van der Waals surface area (Å²) in [7, 11) is 1.05. The second-order valence-corrected chi connectivity index (χ2v) is 11.4. The van der Waals surface area contributed by atoms with Crippen LogP contribution in [0.1, 0.15) is 27.2 Å². The van der Waals surface area contributed by atoms with Crippen molar-refractivity contribution in [1.82, 2.24) is 0 Å². The highest BCUT2D eigenvalue weighted by molar-refractivity contribution is 6.74. The van der Waals surface area contributed by atoms with Crippen LogP contribution in [0.5, 0.6) is 0 Å². The van der Waals surface area contributed by atoms with Crippen LogP contribution in [0.15, 0.2) is 5.11 Å². The molecule has 1 N–H and O–H groups in total. The normalized spacial score (nSPS) is 15.7. The first-order chi connectivity index (χ1) is 9.59. The molecule has 21 heavy (non-hydrogen) atoms. The Morgan fingerprint density at radius 3 is 2.14 bits per heavy atom. The predicted octanol–water partition coefficient (Wildman–Crippen LogP) is 3.06. The van der Waals surface area contributed by atoms with Gasteiger partial charge in [0, 0.05) is 25.6 Å². The van der Waals surface area contributed by atoms with Crippen molar-refractivity contribution < 1.29 is 19.0 Å². The van der Waals surface area contributed by atoms with E-state index in [-0.39, 0.29) is 18.1 Å². The largest absolute Gasteiger partial charge is 0.414 e. The number of hydrogen-bond donors (Lipinski definition) is 1. The van der Waals surface area contributed by atoms with Gasteiger partial charge in [0.25, 0.3) is 0 Å². The van der Waals surface area contributed by atoms with E-state index >= 15 is 0 Å². The number of rotatable bonds is 9. The summed E-state index contributed by atoms with van der Waals surface area (Å²) in [6.45, 7) is 10.7. The van der Waals surface area contributed by atoms with Gasteiger partial charge in [0.1, 0.15) is 0 Å². The molecule has 0 saturated heterocycles. The van der Waals surface area contributed by atoms with Crippen LogP contribution >= 0.6 is 0 Å². The fraction of sp³-hybridized carbons (Fsp3) is 1.00. The third-order valence-corrected chi connectivity index (χ3v) is 8.53. The minimum absolute atomic E-state index is 0.0578. The van der Waals surface area contributed by atoms with E-state index in [9.17, 15) is 5.11 Å². The van der Waals surface area contributed by atoms with Crippen LogP contribution < -0.4 is 0 Å².